The van der Waals surface area contributed by atoms with Crippen molar-refractivity contribution in [2.24, 2.45) is 7.05 Å². The first kappa shape index (κ1) is 7.07. The molecule has 0 aliphatic carbocycles. The predicted octanol–water partition coefficient (Wildman–Crippen LogP) is 1.82. The molecule has 0 atom stereocenters. The lowest BCUT2D eigenvalue weighted by atomic mass is 10.1. The molecule has 2 heteroatoms. The average Bonchev–Trinajstić information content (AvgIpc) is 2.54. The van der Waals surface area contributed by atoms with Gasteiger partial charge in [0.2, 0.25) is 0 Å². The minimum atomic E-state index is 0.761. The zero-order valence-electron chi connectivity index (χ0n) is 9.33. The largest absolute Gasteiger partial charge is 0.347 e. The number of fused-ring (bicyclic) bond motifs is 3. The first-order valence-electron chi connectivity index (χ1n) is 5.51. The Bertz CT molecular complexity index is 516. The van der Waals surface area contributed by atoms with Crippen molar-refractivity contribution in [3.63, 3.8) is 0 Å². The molecule has 1 aliphatic rings. The quantitative estimate of drug-likeness (QED) is 0.665. The number of nitrogens with zero attached hydrogens (tertiary/aromatic N) is 1. The van der Waals surface area contributed by atoms with Crippen LogP contribution in [0.4, 0.5) is 0 Å². The Morgan fingerprint density at radius 1 is 1.43 bits per heavy atom. The fourth-order valence-corrected chi connectivity index (χ4v) is 2.40. The van der Waals surface area contributed by atoms with E-state index in [-0.39, 0.29) is 0 Å². The lowest BCUT2D eigenvalue weighted by Crippen LogP contribution is -2.24. The third-order valence-corrected chi connectivity index (χ3v) is 3.12. The number of nitrogens with one attached hydrogen (secondary N) is 1. The molecule has 2 aromatic rings. The molecule has 2 heterocycles. The third kappa shape index (κ3) is 0.946. The van der Waals surface area contributed by atoms with Crippen LogP contribution in [0.1, 0.15) is 11.3 Å². The van der Waals surface area contributed by atoms with E-state index in [1.807, 2.05) is 0 Å². The summed E-state index contributed by atoms with van der Waals surface area (Å²) in [6.07, 6.45) is 0.990. The number of hydrogen-bond donors (Lipinski definition) is 1. The molecule has 1 N–H and O–H groups in total. The van der Waals surface area contributed by atoms with Crippen LogP contribution < -0.4 is 5.31 Å². The van der Waals surface area contributed by atoms with Gasteiger partial charge < -0.3 is 9.88 Å². The van der Waals surface area contributed by atoms with Crippen molar-refractivity contribution in [1.82, 2.24) is 9.88 Å². The van der Waals surface area contributed by atoms with E-state index in [4.69, 9.17) is 1.41 Å². The third-order valence-electron chi connectivity index (χ3n) is 3.12. The van der Waals surface area contributed by atoms with Gasteiger partial charge in [0, 0.05) is 43.2 Å². The van der Waals surface area contributed by atoms with Crippen molar-refractivity contribution in [3.05, 3.63) is 35.5 Å². The van der Waals surface area contributed by atoms with Crippen molar-refractivity contribution in [1.29, 1.82) is 0 Å². The van der Waals surface area contributed by atoms with Crippen LogP contribution in [-0.4, -0.2) is 11.1 Å². The van der Waals surface area contributed by atoms with Crippen LogP contribution in [0.3, 0.4) is 0 Å². The summed E-state index contributed by atoms with van der Waals surface area (Å²) in [5.74, 6) is 0. The monoisotopic (exact) mass is 187 g/mol. The van der Waals surface area contributed by atoms with Gasteiger partial charge in [0.1, 0.15) is 1.41 Å². The van der Waals surface area contributed by atoms with Crippen molar-refractivity contribution in [3.8, 4) is 0 Å². The topological polar surface area (TPSA) is 17.0 Å². The van der Waals surface area contributed by atoms with Gasteiger partial charge >= 0.3 is 0 Å². The van der Waals surface area contributed by atoms with Gasteiger partial charge in [0.15, 0.2) is 0 Å². The zero-order valence-corrected chi connectivity index (χ0v) is 8.33. The lowest BCUT2D eigenvalue weighted by Gasteiger charge is -2.14. The molecule has 2 nitrogen and oxygen atoms in total. The molecule has 0 radical (unpaired) electrons. The van der Waals surface area contributed by atoms with Crippen LogP contribution in [0, 0.1) is 0 Å². The first-order valence-corrected chi connectivity index (χ1v) is 5.06. The highest BCUT2D eigenvalue weighted by molar-refractivity contribution is 5.85. The molecule has 0 fully saturated rings. The molecule has 0 spiro atoms. The first-order chi connectivity index (χ1) is 7.27. The smallest absolute Gasteiger partial charge is 0.123 e. The number of hydrogen-bond acceptors (Lipinski definition) is 1. The van der Waals surface area contributed by atoms with Gasteiger partial charge in [-0.2, -0.15) is 0 Å². The van der Waals surface area contributed by atoms with Gasteiger partial charge in [-0.3, -0.25) is 0 Å². The van der Waals surface area contributed by atoms with Crippen LogP contribution in [0.5, 0.6) is 0 Å². The van der Waals surface area contributed by atoms with Crippen molar-refractivity contribution >= 4 is 10.9 Å². The van der Waals surface area contributed by atoms with Gasteiger partial charge in [0.25, 0.3) is 0 Å². The van der Waals surface area contributed by atoms with E-state index in [1.165, 1.54) is 22.2 Å². The lowest BCUT2D eigenvalue weighted by molar-refractivity contribution is 0.622. The normalized spacial score (nSPS) is 18.2. The highest BCUT2D eigenvalue weighted by Crippen LogP contribution is 2.26. The number of rotatable bonds is 0. The van der Waals surface area contributed by atoms with Crippen LogP contribution in [0.15, 0.2) is 24.3 Å². The molecule has 14 heavy (non-hydrogen) atoms. The molecule has 3 rings (SSSR count). The van der Waals surface area contributed by atoms with Crippen LogP contribution in [0.2, 0.25) is 1.41 Å². The Hall–Kier alpha value is -1.28. The second kappa shape index (κ2) is 2.85. The highest BCUT2D eigenvalue weighted by atomic mass is 15.0. The Labute approximate surface area is 85.0 Å². The molecule has 0 bridgehead atoms. The zero-order chi connectivity index (χ0) is 10.4. The Morgan fingerprint density at radius 2 is 2.29 bits per heavy atom. The summed E-state index contributed by atoms with van der Waals surface area (Å²) in [7, 11) is 2.13. The molecular formula is C12H14N2. The Balaban J connectivity index is 2.33. The molecule has 0 unspecified atom stereocenters. The summed E-state index contributed by atoms with van der Waals surface area (Å²) in [4.78, 5) is 0. The number of benzene rings is 1. The number of aromatic nitrogens is 1. The summed E-state index contributed by atoms with van der Waals surface area (Å²) in [5.41, 5.74) is 4.03. The van der Waals surface area contributed by atoms with Gasteiger partial charge in [-0.05, 0) is 11.6 Å². The molecule has 1 aliphatic heterocycles. The van der Waals surface area contributed by atoms with E-state index in [0.717, 1.165) is 19.5 Å². The second-order valence-electron chi connectivity index (χ2n) is 3.86. The molecule has 72 valence electrons. The predicted molar refractivity (Wildman–Crippen MR) is 58.3 cm³/mol. The van der Waals surface area contributed by atoms with Gasteiger partial charge in [-0.1, -0.05) is 18.2 Å². The molecule has 0 saturated heterocycles. The average molecular weight is 187 g/mol. The molecule has 1 aromatic heterocycles. The van der Waals surface area contributed by atoms with Crippen molar-refractivity contribution in [2.45, 2.75) is 13.0 Å². The maximum atomic E-state index is 7.71. The summed E-state index contributed by atoms with van der Waals surface area (Å²) in [6.45, 7) is 1.61. The van der Waals surface area contributed by atoms with Gasteiger partial charge in [-0.15, -0.1) is 0 Å². The standard InChI is InChI=1S/C12H14N2/c1-14-11-5-3-2-4-9(11)10-8-13-7-6-12(10)14/h2-5,13H,6-8H2,1H3/i/hD. The second-order valence-corrected chi connectivity index (χ2v) is 3.86. The summed E-state index contributed by atoms with van der Waals surface area (Å²) in [6, 6.07) is 8.47. The SMILES string of the molecule is [2H]N1CCc2c(c3ccccc3n2C)C1. The maximum absolute atomic E-state index is 7.71. The van der Waals surface area contributed by atoms with E-state index in [1.54, 1.807) is 5.31 Å². The van der Waals surface area contributed by atoms with Crippen LogP contribution >= 0.6 is 0 Å². The fourth-order valence-electron chi connectivity index (χ4n) is 2.40. The fraction of sp³-hybridized carbons (Fsp3) is 0.333. The van der Waals surface area contributed by atoms with Crippen molar-refractivity contribution < 1.29 is 1.41 Å². The van der Waals surface area contributed by atoms with E-state index in [2.05, 4.69) is 35.9 Å². The summed E-state index contributed by atoms with van der Waals surface area (Å²) in [5, 5.41) is 2.96. The highest BCUT2D eigenvalue weighted by Gasteiger charge is 2.16. The van der Waals surface area contributed by atoms with E-state index < -0.39 is 0 Å². The van der Waals surface area contributed by atoms with Gasteiger partial charge in [-0.25, -0.2) is 0 Å². The molecule has 0 saturated carbocycles. The molecule has 0 amide bonds. The molecular weight excluding hydrogens is 172 g/mol. The summed E-state index contributed by atoms with van der Waals surface area (Å²) >= 11 is 0. The molecule has 1 aromatic carbocycles. The minimum absolute atomic E-state index is 0.761. The number of aryl methyl sites for hydroxylation is 1. The number of para-hydroxylation sites is 1. The van der Waals surface area contributed by atoms with Gasteiger partial charge in [0.05, 0.1) is 0 Å². The van der Waals surface area contributed by atoms with Crippen LogP contribution in [-0.2, 0) is 20.0 Å². The summed E-state index contributed by atoms with van der Waals surface area (Å²) < 4.78 is 9.99. The maximum Gasteiger partial charge on any atom is 0.123 e. The van der Waals surface area contributed by atoms with E-state index in [0.29, 0.717) is 0 Å². The van der Waals surface area contributed by atoms with E-state index in [9.17, 15) is 0 Å². The Morgan fingerprint density at radius 3 is 3.21 bits per heavy atom. The Kier molecular flexibility index (Phi) is 1.44. The minimum Gasteiger partial charge on any atom is -0.347 e. The van der Waals surface area contributed by atoms with E-state index >= 15 is 0 Å². The van der Waals surface area contributed by atoms with Crippen molar-refractivity contribution in [2.75, 3.05) is 6.54 Å². The van der Waals surface area contributed by atoms with Crippen LogP contribution in [0.25, 0.3) is 10.9 Å².